The Morgan fingerprint density at radius 1 is 1.17 bits per heavy atom. The Morgan fingerprint density at radius 2 is 1.90 bits per heavy atom. The molecule has 0 aliphatic rings. The molecule has 3 rings (SSSR count). The highest BCUT2D eigenvalue weighted by Crippen LogP contribution is 2.33. The van der Waals surface area contributed by atoms with Crippen LogP contribution in [0.3, 0.4) is 0 Å². The molecule has 7 nitrogen and oxygen atoms in total. The van der Waals surface area contributed by atoms with Crippen molar-refractivity contribution in [3.63, 3.8) is 0 Å². The average Bonchev–Trinajstić information content (AvgIpc) is 3.00. The fourth-order valence-corrected chi connectivity index (χ4v) is 3.14. The standard InChI is InChI=1S/C17H16ClF3N6OS/c1-26(2)13-8-12(17(19,20)21)22-15(23-13)29-16-25-24-14(27(16)3)9-28-11-7-5-4-6-10(11)18/h4-8H,9H2,1-3H3. The van der Waals surface area contributed by atoms with Crippen molar-refractivity contribution in [3.05, 3.63) is 46.9 Å². The lowest BCUT2D eigenvalue weighted by Crippen LogP contribution is -2.16. The highest BCUT2D eigenvalue weighted by molar-refractivity contribution is 7.99. The molecule has 0 N–H and O–H groups in total. The van der Waals surface area contributed by atoms with Crippen molar-refractivity contribution in [1.29, 1.82) is 0 Å². The zero-order valence-electron chi connectivity index (χ0n) is 15.6. The molecule has 154 valence electrons. The largest absolute Gasteiger partial charge is 0.484 e. The van der Waals surface area contributed by atoms with E-state index in [1.165, 1.54) is 4.90 Å². The Kier molecular flexibility index (Phi) is 6.18. The second kappa shape index (κ2) is 8.46. The number of hydrogen-bond acceptors (Lipinski definition) is 7. The summed E-state index contributed by atoms with van der Waals surface area (Å²) in [4.78, 5) is 9.23. The van der Waals surface area contributed by atoms with Gasteiger partial charge in [0.1, 0.15) is 18.2 Å². The molecule has 0 amide bonds. The van der Waals surface area contributed by atoms with Gasteiger partial charge >= 0.3 is 6.18 Å². The molecule has 2 aromatic heterocycles. The predicted molar refractivity (Wildman–Crippen MR) is 102 cm³/mol. The van der Waals surface area contributed by atoms with Crippen LogP contribution in [-0.2, 0) is 19.8 Å². The lowest BCUT2D eigenvalue weighted by atomic mass is 10.3. The number of ether oxygens (including phenoxy) is 1. The maximum Gasteiger partial charge on any atom is 0.433 e. The van der Waals surface area contributed by atoms with Crippen LogP contribution in [-0.4, -0.2) is 38.8 Å². The van der Waals surface area contributed by atoms with Crippen molar-refractivity contribution in [2.75, 3.05) is 19.0 Å². The third-order valence-corrected chi connectivity index (χ3v) is 4.96. The molecular formula is C17H16ClF3N6OS. The third-order valence-electron chi connectivity index (χ3n) is 3.74. The van der Waals surface area contributed by atoms with Gasteiger partial charge in [-0.3, -0.25) is 0 Å². The Bertz CT molecular complexity index is 1010. The van der Waals surface area contributed by atoms with Gasteiger partial charge in [-0.05, 0) is 23.9 Å². The van der Waals surface area contributed by atoms with Crippen molar-refractivity contribution in [3.8, 4) is 5.75 Å². The molecule has 0 radical (unpaired) electrons. The highest BCUT2D eigenvalue weighted by atomic mass is 35.5. The Balaban J connectivity index is 1.81. The second-order valence-electron chi connectivity index (χ2n) is 6.07. The van der Waals surface area contributed by atoms with Gasteiger partial charge in [-0.1, -0.05) is 23.7 Å². The van der Waals surface area contributed by atoms with E-state index in [-0.39, 0.29) is 17.6 Å². The van der Waals surface area contributed by atoms with E-state index in [0.717, 1.165) is 17.8 Å². The minimum Gasteiger partial charge on any atom is -0.484 e. The number of rotatable bonds is 6. The van der Waals surface area contributed by atoms with Crippen molar-refractivity contribution in [2.24, 2.45) is 7.05 Å². The summed E-state index contributed by atoms with van der Waals surface area (Å²) in [5.41, 5.74) is -1.02. The molecule has 0 atom stereocenters. The molecule has 3 aromatic rings. The highest BCUT2D eigenvalue weighted by Gasteiger charge is 2.34. The van der Waals surface area contributed by atoms with Gasteiger partial charge < -0.3 is 14.2 Å². The molecule has 0 aliphatic heterocycles. The molecular weight excluding hydrogens is 429 g/mol. The van der Waals surface area contributed by atoms with E-state index in [1.807, 2.05) is 0 Å². The first kappa shape index (κ1) is 21.2. The van der Waals surface area contributed by atoms with Gasteiger partial charge in [0.05, 0.1) is 5.02 Å². The number of aromatic nitrogens is 5. The molecule has 0 spiro atoms. The van der Waals surface area contributed by atoms with Gasteiger partial charge in [0, 0.05) is 27.2 Å². The fourth-order valence-electron chi connectivity index (χ4n) is 2.18. The summed E-state index contributed by atoms with van der Waals surface area (Å²) in [7, 11) is 4.88. The minimum atomic E-state index is -4.59. The van der Waals surface area contributed by atoms with Crippen LogP contribution in [0.2, 0.25) is 5.02 Å². The van der Waals surface area contributed by atoms with E-state index >= 15 is 0 Å². The van der Waals surface area contributed by atoms with E-state index < -0.39 is 11.9 Å². The monoisotopic (exact) mass is 444 g/mol. The van der Waals surface area contributed by atoms with Crippen molar-refractivity contribution in [2.45, 2.75) is 23.1 Å². The molecule has 0 saturated heterocycles. The maximum atomic E-state index is 13.1. The summed E-state index contributed by atoms with van der Waals surface area (Å²) in [6, 6.07) is 7.87. The number of alkyl halides is 3. The second-order valence-corrected chi connectivity index (χ2v) is 7.41. The molecule has 1 aromatic carbocycles. The number of halogens is 4. The molecule has 2 heterocycles. The Hall–Kier alpha value is -2.53. The first-order valence-corrected chi connectivity index (χ1v) is 9.41. The Labute approximate surface area is 173 Å². The van der Waals surface area contributed by atoms with Crippen LogP contribution in [0.5, 0.6) is 5.75 Å². The summed E-state index contributed by atoms with van der Waals surface area (Å²) >= 11 is 6.93. The topological polar surface area (TPSA) is 69.0 Å². The molecule has 0 saturated carbocycles. The summed E-state index contributed by atoms with van der Waals surface area (Å²) in [5, 5.41) is 8.72. The van der Waals surface area contributed by atoms with Crippen LogP contribution in [0.4, 0.5) is 19.0 Å². The van der Waals surface area contributed by atoms with E-state index in [1.54, 1.807) is 50.0 Å². The van der Waals surface area contributed by atoms with Crippen LogP contribution >= 0.6 is 23.4 Å². The van der Waals surface area contributed by atoms with Gasteiger partial charge in [0.2, 0.25) is 0 Å². The minimum absolute atomic E-state index is 0.0835. The van der Waals surface area contributed by atoms with E-state index in [9.17, 15) is 13.2 Å². The third kappa shape index (κ3) is 5.10. The van der Waals surface area contributed by atoms with Gasteiger partial charge in [0.25, 0.3) is 0 Å². The van der Waals surface area contributed by atoms with Crippen LogP contribution in [0.25, 0.3) is 0 Å². The summed E-state index contributed by atoms with van der Waals surface area (Å²) < 4.78 is 46.7. The quantitative estimate of drug-likeness (QED) is 0.531. The van der Waals surface area contributed by atoms with E-state index in [0.29, 0.717) is 21.8 Å². The van der Waals surface area contributed by atoms with Gasteiger partial charge in [-0.2, -0.15) is 13.2 Å². The first-order valence-electron chi connectivity index (χ1n) is 8.22. The summed E-state index contributed by atoms with van der Waals surface area (Å²) in [5.74, 6) is 1.09. The molecule has 12 heteroatoms. The van der Waals surface area contributed by atoms with E-state index in [4.69, 9.17) is 16.3 Å². The number of hydrogen-bond donors (Lipinski definition) is 0. The van der Waals surface area contributed by atoms with Gasteiger partial charge in [-0.15, -0.1) is 10.2 Å². The van der Waals surface area contributed by atoms with Crippen LogP contribution in [0.15, 0.2) is 40.6 Å². The van der Waals surface area contributed by atoms with Crippen molar-refractivity contribution < 1.29 is 17.9 Å². The normalized spacial score (nSPS) is 11.6. The number of anilines is 1. The van der Waals surface area contributed by atoms with Gasteiger partial charge in [0.15, 0.2) is 21.8 Å². The average molecular weight is 445 g/mol. The number of nitrogens with zero attached hydrogens (tertiary/aromatic N) is 6. The zero-order chi connectivity index (χ0) is 21.2. The summed E-state index contributed by atoms with van der Waals surface area (Å²) in [6.07, 6.45) is -4.59. The smallest absolute Gasteiger partial charge is 0.433 e. The van der Waals surface area contributed by atoms with E-state index in [2.05, 4.69) is 20.2 Å². The molecule has 0 bridgehead atoms. The number of para-hydroxylation sites is 1. The lowest BCUT2D eigenvalue weighted by Gasteiger charge is -2.15. The lowest BCUT2D eigenvalue weighted by molar-refractivity contribution is -0.141. The van der Waals surface area contributed by atoms with Crippen LogP contribution < -0.4 is 9.64 Å². The van der Waals surface area contributed by atoms with Gasteiger partial charge in [-0.25, -0.2) is 9.97 Å². The van der Waals surface area contributed by atoms with Crippen LogP contribution in [0.1, 0.15) is 11.5 Å². The summed E-state index contributed by atoms with van der Waals surface area (Å²) in [6.45, 7) is 0.0835. The molecule has 0 fully saturated rings. The van der Waals surface area contributed by atoms with Crippen molar-refractivity contribution in [1.82, 2.24) is 24.7 Å². The van der Waals surface area contributed by atoms with Crippen LogP contribution in [0, 0.1) is 0 Å². The Morgan fingerprint density at radius 3 is 2.55 bits per heavy atom. The maximum absolute atomic E-state index is 13.1. The first-order chi connectivity index (χ1) is 13.6. The fraction of sp³-hybridized carbons (Fsp3) is 0.294. The molecule has 0 aliphatic carbocycles. The van der Waals surface area contributed by atoms with Crippen molar-refractivity contribution >= 4 is 29.2 Å². The number of benzene rings is 1. The molecule has 29 heavy (non-hydrogen) atoms. The SMILES string of the molecule is CN(C)c1cc(C(F)(F)F)nc(Sc2nnc(COc3ccccc3Cl)n2C)n1. The predicted octanol–water partition coefficient (Wildman–Crippen LogP) is 4.07. The molecule has 0 unspecified atom stereocenters. The zero-order valence-corrected chi connectivity index (χ0v) is 17.2.